The Morgan fingerprint density at radius 1 is 1.41 bits per heavy atom. The molecule has 0 bridgehead atoms. The van der Waals surface area contributed by atoms with E-state index in [1.807, 2.05) is 13.0 Å². The van der Waals surface area contributed by atoms with Crippen molar-refractivity contribution in [2.45, 2.75) is 26.9 Å². The molecule has 0 atom stereocenters. The molecular weight excluding hydrogens is 320 g/mol. The van der Waals surface area contributed by atoms with Gasteiger partial charge in [-0.3, -0.25) is 9.20 Å². The molecule has 0 N–H and O–H groups in total. The molecule has 5 nitrogen and oxygen atoms in total. The number of thiazole rings is 1. The van der Waals surface area contributed by atoms with Crippen LogP contribution in [0.15, 0.2) is 28.5 Å². The van der Waals surface area contributed by atoms with Crippen molar-refractivity contribution < 1.29 is 9.53 Å². The average molecular weight is 334 g/mol. The third kappa shape index (κ3) is 2.82. The van der Waals surface area contributed by atoms with E-state index in [4.69, 9.17) is 4.74 Å². The predicted molar refractivity (Wildman–Crippen MR) is 86.9 cm³/mol. The lowest BCUT2D eigenvalue weighted by atomic mass is 10.2. The maximum absolute atomic E-state index is 12.1. The fourth-order valence-electron chi connectivity index (χ4n) is 2.14. The number of ether oxygens (including phenoxy) is 1. The van der Waals surface area contributed by atoms with E-state index in [1.54, 1.807) is 11.6 Å². The lowest BCUT2D eigenvalue weighted by Gasteiger charge is -2.03. The second-order valence-electron chi connectivity index (χ2n) is 4.79. The van der Waals surface area contributed by atoms with Crippen LogP contribution >= 0.6 is 22.7 Å². The van der Waals surface area contributed by atoms with Crippen molar-refractivity contribution in [3.63, 3.8) is 0 Å². The number of aromatic nitrogens is 2. The Bertz CT molecular complexity index is 892. The van der Waals surface area contributed by atoms with Gasteiger partial charge in [0.05, 0.1) is 5.69 Å². The lowest BCUT2D eigenvalue weighted by Crippen LogP contribution is -2.14. The summed E-state index contributed by atoms with van der Waals surface area (Å²) >= 11 is 2.82. The van der Waals surface area contributed by atoms with Crippen LogP contribution in [0.1, 0.15) is 32.7 Å². The number of carbonyl (C=O) groups is 1. The summed E-state index contributed by atoms with van der Waals surface area (Å²) in [7, 11) is 0. The number of carbonyl (C=O) groups excluding carboxylic acids is 1. The monoisotopic (exact) mass is 334 g/mol. The van der Waals surface area contributed by atoms with Gasteiger partial charge in [0.1, 0.15) is 11.5 Å². The van der Waals surface area contributed by atoms with Crippen LogP contribution in [0.2, 0.25) is 0 Å². The normalized spacial score (nSPS) is 11.0. The van der Waals surface area contributed by atoms with Crippen LogP contribution in [0.25, 0.3) is 4.96 Å². The number of thiophene rings is 1. The van der Waals surface area contributed by atoms with Crippen LogP contribution in [0.3, 0.4) is 0 Å². The summed E-state index contributed by atoms with van der Waals surface area (Å²) in [6.07, 6.45) is 2.57. The molecule has 0 amide bonds. The van der Waals surface area contributed by atoms with Gasteiger partial charge in [-0.2, -0.15) is 0 Å². The SMILES string of the molecule is CCc1sc(C(=O)OCc2cc(=O)n3ccsc3n2)cc1C. The maximum atomic E-state index is 12.1. The van der Waals surface area contributed by atoms with Gasteiger partial charge in [-0.15, -0.1) is 22.7 Å². The van der Waals surface area contributed by atoms with Crippen LogP contribution in [0.5, 0.6) is 0 Å². The van der Waals surface area contributed by atoms with E-state index in [2.05, 4.69) is 11.9 Å². The first-order valence-electron chi connectivity index (χ1n) is 6.80. The van der Waals surface area contributed by atoms with E-state index < -0.39 is 0 Å². The van der Waals surface area contributed by atoms with Crippen LogP contribution in [0, 0.1) is 6.92 Å². The Morgan fingerprint density at radius 3 is 2.95 bits per heavy atom. The zero-order chi connectivity index (χ0) is 15.7. The molecule has 0 aliphatic carbocycles. The molecule has 3 aromatic heterocycles. The summed E-state index contributed by atoms with van der Waals surface area (Å²) < 4.78 is 6.74. The molecule has 0 aliphatic heterocycles. The van der Waals surface area contributed by atoms with Crippen LogP contribution in [-0.2, 0) is 17.8 Å². The molecule has 0 radical (unpaired) electrons. The highest BCUT2D eigenvalue weighted by Crippen LogP contribution is 2.23. The van der Waals surface area contributed by atoms with Gasteiger partial charge in [-0.1, -0.05) is 6.92 Å². The third-order valence-electron chi connectivity index (χ3n) is 3.25. The standard InChI is InChI=1S/C15H14N2O3S2/c1-3-11-9(2)6-12(22-11)14(19)20-8-10-7-13(18)17-4-5-21-15(17)16-10/h4-7H,3,8H2,1-2H3. The van der Waals surface area contributed by atoms with Crippen LogP contribution in [0.4, 0.5) is 0 Å². The minimum atomic E-state index is -0.374. The van der Waals surface area contributed by atoms with E-state index >= 15 is 0 Å². The average Bonchev–Trinajstić information content (AvgIpc) is 3.11. The summed E-state index contributed by atoms with van der Waals surface area (Å²) in [4.78, 5) is 30.6. The van der Waals surface area contributed by atoms with Gasteiger partial charge < -0.3 is 4.74 Å². The highest BCUT2D eigenvalue weighted by atomic mass is 32.1. The van der Waals surface area contributed by atoms with Crippen molar-refractivity contribution in [3.8, 4) is 0 Å². The number of fused-ring (bicyclic) bond motifs is 1. The smallest absolute Gasteiger partial charge is 0.348 e. The topological polar surface area (TPSA) is 60.7 Å². The Balaban J connectivity index is 1.75. The zero-order valence-electron chi connectivity index (χ0n) is 12.2. The molecule has 7 heteroatoms. The number of hydrogen-bond donors (Lipinski definition) is 0. The molecule has 0 aliphatic rings. The van der Waals surface area contributed by atoms with Gasteiger partial charge in [0.15, 0.2) is 4.96 Å². The van der Waals surface area contributed by atoms with Crippen molar-refractivity contribution in [1.29, 1.82) is 0 Å². The van der Waals surface area contributed by atoms with Crippen LogP contribution < -0.4 is 5.56 Å². The maximum Gasteiger partial charge on any atom is 0.348 e. The Kier molecular flexibility index (Phi) is 4.08. The Morgan fingerprint density at radius 2 is 2.23 bits per heavy atom. The summed E-state index contributed by atoms with van der Waals surface area (Å²) in [5.74, 6) is -0.374. The molecule has 3 rings (SSSR count). The first kappa shape index (κ1) is 14.9. The molecule has 0 saturated heterocycles. The third-order valence-corrected chi connectivity index (χ3v) is 5.37. The van der Waals surface area contributed by atoms with E-state index in [0.29, 0.717) is 15.5 Å². The quantitative estimate of drug-likeness (QED) is 0.688. The molecule has 22 heavy (non-hydrogen) atoms. The van der Waals surface area contributed by atoms with Crippen molar-refractivity contribution in [2.24, 2.45) is 0 Å². The van der Waals surface area contributed by atoms with Crippen molar-refractivity contribution in [1.82, 2.24) is 9.38 Å². The van der Waals surface area contributed by atoms with Crippen LogP contribution in [-0.4, -0.2) is 15.4 Å². The fourth-order valence-corrected chi connectivity index (χ4v) is 3.89. The molecule has 3 aromatic rings. The van der Waals surface area contributed by atoms with Gasteiger partial charge in [0, 0.05) is 22.5 Å². The highest BCUT2D eigenvalue weighted by molar-refractivity contribution is 7.15. The van der Waals surface area contributed by atoms with E-state index in [1.165, 1.54) is 38.0 Å². The fraction of sp³-hybridized carbons (Fsp3) is 0.267. The minimum Gasteiger partial charge on any atom is -0.455 e. The Labute approximate surface area is 134 Å². The second-order valence-corrected chi connectivity index (χ2v) is 6.80. The first-order valence-corrected chi connectivity index (χ1v) is 8.50. The van der Waals surface area contributed by atoms with E-state index in [9.17, 15) is 9.59 Å². The van der Waals surface area contributed by atoms with Gasteiger partial charge >= 0.3 is 5.97 Å². The van der Waals surface area contributed by atoms with Gasteiger partial charge in [-0.25, -0.2) is 9.78 Å². The van der Waals surface area contributed by atoms with E-state index in [0.717, 1.165) is 12.0 Å². The number of rotatable bonds is 4. The van der Waals surface area contributed by atoms with Crippen molar-refractivity contribution in [2.75, 3.05) is 0 Å². The van der Waals surface area contributed by atoms with Crippen molar-refractivity contribution in [3.05, 3.63) is 55.1 Å². The molecule has 0 unspecified atom stereocenters. The van der Waals surface area contributed by atoms with Gasteiger partial charge in [-0.05, 0) is 25.0 Å². The predicted octanol–water partition coefficient (Wildman–Crippen LogP) is 3.05. The molecule has 0 aromatic carbocycles. The van der Waals surface area contributed by atoms with E-state index in [-0.39, 0.29) is 18.1 Å². The minimum absolute atomic E-state index is 0.000872. The summed E-state index contributed by atoms with van der Waals surface area (Å²) in [5, 5.41) is 1.79. The second kappa shape index (κ2) is 6.02. The zero-order valence-corrected chi connectivity index (χ0v) is 13.8. The first-order chi connectivity index (χ1) is 10.6. The number of aryl methyl sites for hydroxylation is 2. The Hall–Kier alpha value is -1.99. The lowest BCUT2D eigenvalue weighted by molar-refractivity contribution is 0.0473. The number of hydrogen-bond acceptors (Lipinski definition) is 6. The molecular formula is C15H14N2O3S2. The summed E-state index contributed by atoms with van der Waals surface area (Å²) in [6.45, 7) is 4.04. The van der Waals surface area contributed by atoms with Crippen molar-refractivity contribution >= 4 is 33.6 Å². The highest BCUT2D eigenvalue weighted by Gasteiger charge is 2.14. The molecule has 0 saturated carbocycles. The molecule has 3 heterocycles. The van der Waals surface area contributed by atoms with Gasteiger partial charge in [0.2, 0.25) is 0 Å². The number of nitrogens with zero attached hydrogens (tertiary/aromatic N) is 2. The largest absolute Gasteiger partial charge is 0.455 e. The molecule has 114 valence electrons. The van der Waals surface area contributed by atoms with Gasteiger partial charge in [0.25, 0.3) is 5.56 Å². The molecule has 0 spiro atoms. The summed E-state index contributed by atoms with van der Waals surface area (Å²) in [6, 6.07) is 3.24. The number of esters is 1. The summed E-state index contributed by atoms with van der Waals surface area (Å²) in [5.41, 5.74) is 1.40. The molecule has 0 fully saturated rings.